The molecule has 108 valence electrons. The Kier molecular flexibility index (Phi) is 3.43. The quantitative estimate of drug-likeness (QED) is 0.693. The van der Waals surface area contributed by atoms with Crippen molar-refractivity contribution in [2.75, 3.05) is 13.1 Å². The minimum atomic E-state index is -0.962. The van der Waals surface area contributed by atoms with Gasteiger partial charge in [0.25, 0.3) is 0 Å². The molecule has 3 heterocycles. The average molecular weight is 278 g/mol. The van der Waals surface area contributed by atoms with Gasteiger partial charge in [0.05, 0.1) is 30.2 Å². The predicted octanol–water partition coefficient (Wildman–Crippen LogP) is -0.253. The number of H-pyrrole nitrogens is 1. The van der Waals surface area contributed by atoms with Gasteiger partial charge in [-0.15, -0.1) is 0 Å². The molecule has 0 radical (unpaired) electrons. The van der Waals surface area contributed by atoms with Gasteiger partial charge in [-0.05, 0) is 19.4 Å². The fraction of sp³-hybridized carbons (Fsp3) is 0.615. The molecular weight excluding hydrogens is 260 g/mol. The van der Waals surface area contributed by atoms with Gasteiger partial charge in [0, 0.05) is 13.0 Å². The van der Waals surface area contributed by atoms with Crippen LogP contribution in [-0.4, -0.2) is 51.0 Å². The Labute approximate surface area is 116 Å². The van der Waals surface area contributed by atoms with Crippen LogP contribution in [0.25, 0.3) is 0 Å². The number of aliphatic carboxylic acids is 1. The standard InChI is InChI=1S/C13H18N4O3/c18-12(8-2-1-3-14-5-8)17-6-10-9(15-7-16-10)4-11(17)13(19)20/h7-8,11,14H,1-6H2,(H,15,16)(H,19,20)/t8-,11?/m1/s1. The van der Waals surface area contributed by atoms with Crippen LogP contribution in [0.4, 0.5) is 0 Å². The molecule has 1 aromatic heterocycles. The van der Waals surface area contributed by atoms with Gasteiger partial charge in [0.15, 0.2) is 0 Å². The van der Waals surface area contributed by atoms with Crippen molar-refractivity contribution < 1.29 is 14.7 Å². The lowest BCUT2D eigenvalue weighted by atomic mass is 9.94. The van der Waals surface area contributed by atoms with Crippen LogP contribution >= 0.6 is 0 Å². The van der Waals surface area contributed by atoms with E-state index in [-0.39, 0.29) is 18.2 Å². The monoisotopic (exact) mass is 278 g/mol. The van der Waals surface area contributed by atoms with E-state index in [4.69, 9.17) is 0 Å². The molecule has 0 saturated carbocycles. The zero-order chi connectivity index (χ0) is 14.1. The van der Waals surface area contributed by atoms with Crippen LogP contribution in [0.1, 0.15) is 24.2 Å². The normalized spacial score (nSPS) is 26.1. The highest BCUT2D eigenvalue weighted by atomic mass is 16.4. The number of hydrogen-bond donors (Lipinski definition) is 3. The third-order valence-electron chi connectivity index (χ3n) is 4.11. The third-order valence-corrected chi connectivity index (χ3v) is 4.11. The number of nitrogens with zero attached hydrogens (tertiary/aromatic N) is 2. The highest BCUT2D eigenvalue weighted by molar-refractivity contribution is 5.86. The fourth-order valence-corrected chi connectivity index (χ4v) is 2.99. The molecule has 0 aliphatic carbocycles. The lowest BCUT2D eigenvalue weighted by molar-refractivity contribution is -0.153. The molecule has 1 unspecified atom stereocenters. The van der Waals surface area contributed by atoms with E-state index in [0.29, 0.717) is 13.1 Å². The molecule has 7 heteroatoms. The predicted molar refractivity (Wildman–Crippen MR) is 69.9 cm³/mol. The number of rotatable bonds is 2. The molecule has 1 fully saturated rings. The van der Waals surface area contributed by atoms with E-state index < -0.39 is 12.0 Å². The zero-order valence-electron chi connectivity index (χ0n) is 11.1. The minimum Gasteiger partial charge on any atom is -0.480 e. The molecule has 0 bridgehead atoms. The topological polar surface area (TPSA) is 98.3 Å². The number of piperidine rings is 1. The van der Waals surface area contributed by atoms with Gasteiger partial charge in [0.1, 0.15) is 6.04 Å². The van der Waals surface area contributed by atoms with Crippen molar-refractivity contribution in [2.24, 2.45) is 5.92 Å². The van der Waals surface area contributed by atoms with E-state index in [2.05, 4.69) is 15.3 Å². The fourth-order valence-electron chi connectivity index (χ4n) is 2.99. The third kappa shape index (κ3) is 2.29. The first-order chi connectivity index (χ1) is 9.66. The van der Waals surface area contributed by atoms with Crippen molar-refractivity contribution in [1.29, 1.82) is 0 Å². The van der Waals surface area contributed by atoms with Gasteiger partial charge >= 0.3 is 5.97 Å². The number of carbonyl (C=O) groups is 2. The summed E-state index contributed by atoms with van der Waals surface area (Å²) in [7, 11) is 0. The van der Waals surface area contributed by atoms with Gasteiger partial charge in [-0.3, -0.25) is 4.79 Å². The number of carboxylic acid groups (broad SMARTS) is 1. The summed E-state index contributed by atoms with van der Waals surface area (Å²) < 4.78 is 0. The van der Waals surface area contributed by atoms with Crippen molar-refractivity contribution in [2.45, 2.75) is 31.8 Å². The summed E-state index contributed by atoms with van der Waals surface area (Å²) in [5, 5.41) is 12.6. The molecule has 2 atom stereocenters. The van der Waals surface area contributed by atoms with E-state index in [1.165, 1.54) is 4.90 Å². The van der Waals surface area contributed by atoms with Crippen molar-refractivity contribution in [3.8, 4) is 0 Å². The van der Waals surface area contributed by atoms with Gasteiger partial charge in [-0.25, -0.2) is 9.78 Å². The van der Waals surface area contributed by atoms with Crippen molar-refractivity contribution in [1.82, 2.24) is 20.2 Å². The highest BCUT2D eigenvalue weighted by Crippen LogP contribution is 2.24. The first-order valence-corrected chi connectivity index (χ1v) is 6.92. The maximum atomic E-state index is 12.6. The molecule has 3 rings (SSSR count). The van der Waals surface area contributed by atoms with E-state index >= 15 is 0 Å². The molecule has 1 aromatic rings. The van der Waals surface area contributed by atoms with Crippen molar-refractivity contribution >= 4 is 11.9 Å². The summed E-state index contributed by atoms with van der Waals surface area (Å²) in [4.78, 5) is 32.6. The summed E-state index contributed by atoms with van der Waals surface area (Å²) >= 11 is 0. The Morgan fingerprint density at radius 1 is 1.45 bits per heavy atom. The Bertz CT molecular complexity index is 521. The number of imidazole rings is 1. The molecule has 1 amide bonds. The first-order valence-electron chi connectivity index (χ1n) is 6.92. The Morgan fingerprint density at radius 3 is 3.00 bits per heavy atom. The molecule has 1 saturated heterocycles. The van der Waals surface area contributed by atoms with Gasteiger partial charge in [0.2, 0.25) is 5.91 Å². The van der Waals surface area contributed by atoms with Crippen LogP contribution in [-0.2, 0) is 22.6 Å². The van der Waals surface area contributed by atoms with E-state index in [0.717, 1.165) is 30.8 Å². The summed E-state index contributed by atoms with van der Waals surface area (Å²) in [5.74, 6) is -1.14. The summed E-state index contributed by atoms with van der Waals surface area (Å²) in [6.07, 6.45) is 3.61. The lowest BCUT2D eigenvalue weighted by Crippen LogP contribution is -2.52. The lowest BCUT2D eigenvalue weighted by Gasteiger charge is -2.35. The Balaban J connectivity index is 1.82. The van der Waals surface area contributed by atoms with Gasteiger partial charge < -0.3 is 20.3 Å². The van der Waals surface area contributed by atoms with Crippen molar-refractivity contribution in [3.63, 3.8) is 0 Å². The van der Waals surface area contributed by atoms with Gasteiger partial charge in [-0.2, -0.15) is 0 Å². The molecular formula is C13H18N4O3. The van der Waals surface area contributed by atoms with Crippen LogP contribution in [0, 0.1) is 5.92 Å². The second-order valence-electron chi connectivity index (χ2n) is 5.40. The molecule has 3 N–H and O–H groups in total. The SMILES string of the molecule is O=C(O)C1Cc2nc[nH]c2CN1C(=O)[C@@H]1CCCNC1. The maximum Gasteiger partial charge on any atom is 0.326 e. The molecule has 7 nitrogen and oxygen atoms in total. The summed E-state index contributed by atoms with van der Waals surface area (Å²) in [5.41, 5.74) is 1.60. The number of aromatic amines is 1. The second kappa shape index (κ2) is 5.24. The van der Waals surface area contributed by atoms with Crippen LogP contribution in [0.5, 0.6) is 0 Å². The molecule has 20 heavy (non-hydrogen) atoms. The number of aromatic nitrogens is 2. The molecule has 2 aliphatic heterocycles. The van der Waals surface area contributed by atoms with Crippen molar-refractivity contribution in [3.05, 3.63) is 17.7 Å². The van der Waals surface area contributed by atoms with Crippen LogP contribution < -0.4 is 5.32 Å². The Morgan fingerprint density at radius 2 is 2.30 bits per heavy atom. The number of carbonyl (C=O) groups excluding carboxylic acids is 1. The number of amides is 1. The number of carboxylic acids is 1. The molecule has 0 aromatic carbocycles. The average Bonchev–Trinajstić information content (AvgIpc) is 2.93. The minimum absolute atomic E-state index is 0.0650. The number of hydrogen-bond acceptors (Lipinski definition) is 4. The maximum absolute atomic E-state index is 12.6. The largest absolute Gasteiger partial charge is 0.480 e. The smallest absolute Gasteiger partial charge is 0.326 e. The van der Waals surface area contributed by atoms with Gasteiger partial charge in [-0.1, -0.05) is 0 Å². The second-order valence-corrected chi connectivity index (χ2v) is 5.40. The van der Waals surface area contributed by atoms with Crippen LogP contribution in [0.2, 0.25) is 0 Å². The van der Waals surface area contributed by atoms with Crippen LogP contribution in [0.3, 0.4) is 0 Å². The van der Waals surface area contributed by atoms with Crippen LogP contribution in [0.15, 0.2) is 6.33 Å². The highest BCUT2D eigenvalue weighted by Gasteiger charge is 2.38. The molecule has 2 aliphatic rings. The number of nitrogens with one attached hydrogen (secondary N) is 2. The first kappa shape index (κ1) is 13.1. The van der Waals surface area contributed by atoms with E-state index in [1.807, 2.05) is 0 Å². The summed E-state index contributed by atoms with van der Waals surface area (Å²) in [6, 6.07) is -0.805. The zero-order valence-corrected chi connectivity index (χ0v) is 11.1. The Hall–Kier alpha value is -1.89. The number of fused-ring (bicyclic) bond motifs is 1. The molecule has 0 spiro atoms. The van der Waals surface area contributed by atoms with E-state index in [9.17, 15) is 14.7 Å². The summed E-state index contributed by atoms with van der Waals surface area (Å²) in [6.45, 7) is 1.87. The van der Waals surface area contributed by atoms with E-state index in [1.54, 1.807) is 6.33 Å².